The third-order valence-corrected chi connectivity index (χ3v) is 4.39. The normalized spacial score (nSPS) is 25.1. The van der Waals surface area contributed by atoms with Gasteiger partial charge in [0.15, 0.2) is 11.5 Å². The van der Waals surface area contributed by atoms with Crippen molar-refractivity contribution in [2.45, 2.75) is 51.3 Å². The Hall–Kier alpha value is -1.26. The molecule has 1 saturated carbocycles. The van der Waals surface area contributed by atoms with Crippen molar-refractivity contribution in [3.05, 3.63) is 23.8 Å². The molecular formula is C16H23NO3. The minimum atomic E-state index is -0.183. The van der Waals surface area contributed by atoms with Crippen molar-refractivity contribution in [3.63, 3.8) is 0 Å². The van der Waals surface area contributed by atoms with E-state index >= 15 is 0 Å². The summed E-state index contributed by atoms with van der Waals surface area (Å²) in [6, 6.07) is 6.41. The van der Waals surface area contributed by atoms with Crippen LogP contribution in [0.4, 0.5) is 0 Å². The van der Waals surface area contributed by atoms with Crippen molar-refractivity contribution in [2.75, 3.05) is 13.3 Å². The van der Waals surface area contributed by atoms with Gasteiger partial charge in [0.25, 0.3) is 0 Å². The third-order valence-electron chi connectivity index (χ3n) is 4.39. The van der Waals surface area contributed by atoms with Gasteiger partial charge in [0, 0.05) is 12.6 Å². The topological polar surface area (TPSA) is 41.9 Å². The summed E-state index contributed by atoms with van der Waals surface area (Å²) in [5, 5.41) is 10.2. The van der Waals surface area contributed by atoms with Crippen molar-refractivity contribution in [3.8, 4) is 11.5 Å². The number of likely N-dealkylation sites (N-methyl/N-ethyl adjacent to an activating group) is 1. The van der Waals surface area contributed by atoms with E-state index in [-0.39, 0.29) is 6.10 Å². The fourth-order valence-electron chi connectivity index (χ4n) is 3.26. The second-order valence-corrected chi connectivity index (χ2v) is 5.67. The van der Waals surface area contributed by atoms with Crippen LogP contribution in [0.15, 0.2) is 18.2 Å². The van der Waals surface area contributed by atoms with Crippen LogP contribution in [-0.4, -0.2) is 35.5 Å². The maximum absolute atomic E-state index is 10.2. The lowest BCUT2D eigenvalue weighted by molar-refractivity contribution is 0.0182. The van der Waals surface area contributed by atoms with Crippen LogP contribution in [0.2, 0.25) is 0 Å². The Balaban J connectivity index is 1.71. The van der Waals surface area contributed by atoms with Gasteiger partial charge in [-0.25, -0.2) is 0 Å². The Morgan fingerprint density at radius 3 is 2.80 bits per heavy atom. The molecule has 110 valence electrons. The summed E-state index contributed by atoms with van der Waals surface area (Å²) in [4.78, 5) is 2.38. The predicted octanol–water partition coefficient (Wildman–Crippen LogP) is 2.54. The van der Waals surface area contributed by atoms with Crippen LogP contribution in [0, 0.1) is 0 Å². The zero-order valence-electron chi connectivity index (χ0n) is 12.0. The molecule has 2 atom stereocenters. The first-order valence-electron chi connectivity index (χ1n) is 7.58. The lowest BCUT2D eigenvalue weighted by Crippen LogP contribution is -2.44. The smallest absolute Gasteiger partial charge is 0.231 e. The summed E-state index contributed by atoms with van der Waals surface area (Å²) >= 11 is 0. The number of aliphatic hydroxyl groups is 1. The minimum Gasteiger partial charge on any atom is -0.454 e. The molecule has 0 spiro atoms. The Morgan fingerprint density at radius 2 is 2.00 bits per heavy atom. The molecule has 0 amide bonds. The first-order valence-corrected chi connectivity index (χ1v) is 7.58. The van der Waals surface area contributed by atoms with Gasteiger partial charge in [0.05, 0.1) is 6.10 Å². The molecule has 1 aliphatic carbocycles. The molecule has 4 heteroatoms. The summed E-state index contributed by atoms with van der Waals surface area (Å²) in [6.07, 6.45) is 4.22. The fourth-order valence-corrected chi connectivity index (χ4v) is 3.26. The summed E-state index contributed by atoms with van der Waals surface area (Å²) < 4.78 is 10.8. The van der Waals surface area contributed by atoms with E-state index in [1.54, 1.807) is 0 Å². The van der Waals surface area contributed by atoms with Crippen LogP contribution >= 0.6 is 0 Å². The second kappa shape index (κ2) is 6.02. The summed E-state index contributed by atoms with van der Waals surface area (Å²) in [7, 11) is 0. The molecule has 2 unspecified atom stereocenters. The van der Waals surface area contributed by atoms with Gasteiger partial charge in [-0.15, -0.1) is 0 Å². The van der Waals surface area contributed by atoms with E-state index in [0.29, 0.717) is 12.8 Å². The minimum absolute atomic E-state index is 0.183. The predicted molar refractivity (Wildman–Crippen MR) is 76.9 cm³/mol. The number of rotatable bonds is 4. The average molecular weight is 277 g/mol. The number of ether oxygens (including phenoxy) is 2. The highest BCUT2D eigenvalue weighted by Crippen LogP contribution is 2.33. The lowest BCUT2D eigenvalue weighted by Gasteiger charge is -2.37. The molecule has 2 aliphatic rings. The number of aliphatic hydroxyl groups excluding tert-OH is 1. The van der Waals surface area contributed by atoms with Gasteiger partial charge < -0.3 is 14.6 Å². The Morgan fingerprint density at radius 1 is 1.20 bits per heavy atom. The van der Waals surface area contributed by atoms with E-state index in [1.165, 1.54) is 12.0 Å². The first-order chi connectivity index (χ1) is 9.78. The number of nitrogens with zero attached hydrogens (tertiary/aromatic N) is 1. The highest BCUT2D eigenvalue weighted by atomic mass is 16.7. The molecule has 0 bridgehead atoms. The van der Waals surface area contributed by atoms with Crippen LogP contribution < -0.4 is 9.47 Å². The third kappa shape index (κ3) is 2.76. The molecule has 0 radical (unpaired) electrons. The number of benzene rings is 1. The largest absolute Gasteiger partial charge is 0.454 e. The lowest BCUT2D eigenvalue weighted by atomic mass is 9.91. The van der Waals surface area contributed by atoms with E-state index in [2.05, 4.69) is 24.0 Å². The van der Waals surface area contributed by atoms with Crippen molar-refractivity contribution in [1.29, 1.82) is 0 Å². The van der Waals surface area contributed by atoms with Gasteiger partial charge in [0.1, 0.15) is 0 Å². The SMILES string of the molecule is CCN(Cc1ccc2c(c1)OCO2)C1CCCCC1O. The molecule has 20 heavy (non-hydrogen) atoms. The van der Waals surface area contributed by atoms with Crippen LogP contribution in [0.1, 0.15) is 38.2 Å². The number of fused-ring (bicyclic) bond motifs is 1. The fraction of sp³-hybridized carbons (Fsp3) is 0.625. The van der Waals surface area contributed by atoms with E-state index in [9.17, 15) is 5.11 Å². The molecule has 4 nitrogen and oxygen atoms in total. The van der Waals surface area contributed by atoms with E-state index in [1.807, 2.05) is 6.07 Å². The highest BCUT2D eigenvalue weighted by molar-refractivity contribution is 5.44. The van der Waals surface area contributed by atoms with Gasteiger partial charge in [0.2, 0.25) is 6.79 Å². The number of hydrogen-bond acceptors (Lipinski definition) is 4. The highest BCUT2D eigenvalue weighted by Gasteiger charge is 2.28. The van der Waals surface area contributed by atoms with Crippen molar-refractivity contribution in [1.82, 2.24) is 4.90 Å². The molecular weight excluding hydrogens is 254 g/mol. The standard InChI is InChI=1S/C16H23NO3/c1-2-17(13-5-3-4-6-14(13)18)10-12-7-8-15-16(9-12)20-11-19-15/h7-9,13-14,18H,2-6,10-11H2,1H3. The zero-order valence-corrected chi connectivity index (χ0v) is 12.0. The van der Waals surface area contributed by atoms with Crippen LogP contribution in [0.3, 0.4) is 0 Å². The van der Waals surface area contributed by atoms with E-state index in [0.717, 1.165) is 43.9 Å². The first kappa shape index (κ1) is 13.7. The molecule has 0 saturated heterocycles. The van der Waals surface area contributed by atoms with Crippen molar-refractivity contribution >= 4 is 0 Å². The van der Waals surface area contributed by atoms with Gasteiger partial charge in [-0.2, -0.15) is 0 Å². The monoisotopic (exact) mass is 277 g/mol. The summed E-state index contributed by atoms with van der Waals surface area (Å²) in [6.45, 7) is 4.29. The molecule has 3 rings (SSSR count). The van der Waals surface area contributed by atoms with Crippen LogP contribution in [-0.2, 0) is 6.54 Å². The Labute approximate surface area is 120 Å². The van der Waals surface area contributed by atoms with Crippen LogP contribution in [0.5, 0.6) is 11.5 Å². The molecule has 1 aromatic carbocycles. The van der Waals surface area contributed by atoms with Gasteiger partial charge in [-0.05, 0) is 37.1 Å². The molecule has 1 aliphatic heterocycles. The van der Waals surface area contributed by atoms with E-state index in [4.69, 9.17) is 9.47 Å². The summed E-state index contributed by atoms with van der Waals surface area (Å²) in [5.41, 5.74) is 1.22. The molecule has 1 fully saturated rings. The van der Waals surface area contributed by atoms with Gasteiger partial charge >= 0.3 is 0 Å². The maximum Gasteiger partial charge on any atom is 0.231 e. The molecule has 1 heterocycles. The Kier molecular flexibility index (Phi) is 4.13. The molecule has 1 N–H and O–H groups in total. The van der Waals surface area contributed by atoms with Crippen molar-refractivity contribution in [2.24, 2.45) is 0 Å². The molecule has 1 aromatic rings. The second-order valence-electron chi connectivity index (χ2n) is 5.67. The number of hydrogen-bond donors (Lipinski definition) is 1. The summed E-state index contributed by atoms with van der Waals surface area (Å²) in [5.74, 6) is 1.66. The van der Waals surface area contributed by atoms with Gasteiger partial charge in [-0.3, -0.25) is 4.90 Å². The Bertz CT molecular complexity index is 463. The van der Waals surface area contributed by atoms with E-state index < -0.39 is 0 Å². The van der Waals surface area contributed by atoms with Crippen molar-refractivity contribution < 1.29 is 14.6 Å². The zero-order chi connectivity index (χ0) is 13.9. The van der Waals surface area contributed by atoms with Gasteiger partial charge in [-0.1, -0.05) is 25.8 Å². The quantitative estimate of drug-likeness (QED) is 0.918. The average Bonchev–Trinajstić information content (AvgIpc) is 2.93. The van der Waals surface area contributed by atoms with Crippen LogP contribution in [0.25, 0.3) is 0 Å². The molecule has 0 aromatic heterocycles. The maximum atomic E-state index is 10.2.